The number of benzene rings is 2. The fourth-order valence-corrected chi connectivity index (χ4v) is 3.45. The van der Waals surface area contributed by atoms with Crippen molar-refractivity contribution in [3.8, 4) is 0 Å². The summed E-state index contributed by atoms with van der Waals surface area (Å²) in [7, 11) is 0. The lowest BCUT2D eigenvalue weighted by atomic mass is 10.1. The molecule has 0 fully saturated rings. The molecule has 1 aliphatic heterocycles. The molecule has 2 aromatic rings. The normalized spacial score (nSPS) is 16.2. The summed E-state index contributed by atoms with van der Waals surface area (Å²) in [6.07, 6.45) is 0.137. The number of amides is 2. The Morgan fingerprint density at radius 3 is 2.56 bits per heavy atom. The van der Waals surface area contributed by atoms with Gasteiger partial charge < -0.3 is 15.0 Å². The summed E-state index contributed by atoms with van der Waals surface area (Å²) < 4.78 is 5.13. The van der Waals surface area contributed by atoms with Crippen molar-refractivity contribution in [1.29, 1.82) is 0 Å². The Hall–Kier alpha value is -2.57. The molecular weight excluding hydrogens is 391 g/mol. The van der Waals surface area contributed by atoms with E-state index in [-0.39, 0.29) is 23.9 Å². The maximum absolute atomic E-state index is 12.8. The number of ether oxygens (including phenoxy) is 1. The van der Waals surface area contributed by atoms with Gasteiger partial charge in [0.15, 0.2) is 6.61 Å². The Kier molecular flexibility index (Phi) is 5.68. The molecule has 0 spiro atoms. The molecule has 0 saturated carbocycles. The minimum absolute atomic E-state index is 0.137. The standard InChI is InChI=1S/C19H16Cl2N2O4/c1-11-6-17(24)22-15-4-2-3-5-16(15)23(11)18(25)10-27-19(26)12-7-13(20)9-14(21)8-12/h2-5,7-9,11H,6,10H2,1H3,(H,22,24). The van der Waals surface area contributed by atoms with Crippen molar-refractivity contribution >= 4 is 52.4 Å². The Balaban J connectivity index is 1.77. The van der Waals surface area contributed by atoms with E-state index in [4.69, 9.17) is 27.9 Å². The summed E-state index contributed by atoms with van der Waals surface area (Å²) in [5.41, 5.74) is 1.25. The number of carbonyl (C=O) groups excluding carboxylic acids is 3. The van der Waals surface area contributed by atoms with Crippen molar-refractivity contribution in [2.24, 2.45) is 0 Å². The number of nitrogens with zero attached hydrogens (tertiary/aromatic N) is 1. The molecule has 0 aromatic heterocycles. The lowest BCUT2D eigenvalue weighted by Crippen LogP contribution is -2.41. The Labute approximate surface area is 166 Å². The first-order valence-electron chi connectivity index (χ1n) is 8.19. The summed E-state index contributed by atoms with van der Waals surface area (Å²) in [6, 6.07) is 10.9. The van der Waals surface area contributed by atoms with E-state index < -0.39 is 18.5 Å². The van der Waals surface area contributed by atoms with E-state index in [0.29, 0.717) is 21.4 Å². The van der Waals surface area contributed by atoms with Gasteiger partial charge in [-0.2, -0.15) is 0 Å². The summed E-state index contributed by atoms with van der Waals surface area (Å²) in [4.78, 5) is 38.4. The zero-order chi connectivity index (χ0) is 19.6. The van der Waals surface area contributed by atoms with Crippen molar-refractivity contribution in [1.82, 2.24) is 0 Å². The molecule has 6 nitrogen and oxygen atoms in total. The number of esters is 1. The second-order valence-electron chi connectivity index (χ2n) is 6.12. The van der Waals surface area contributed by atoms with Crippen LogP contribution in [0.5, 0.6) is 0 Å². The summed E-state index contributed by atoms with van der Waals surface area (Å²) >= 11 is 11.8. The van der Waals surface area contributed by atoms with Crippen LogP contribution in [-0.2, 0) is 14.3 Å². The Bertz CT molecular complexity index is 896. The van der Waals surface area contributed by atoms with Gasteiger partial charge in [-0.25, -0.2) is 4.79 Å². The monoisotopic (exact) mass is 406 g/mol. The van der Waals surface area contributed by atoms with Gasteiger partial charge in [0.05, 0.1) is 16.9 Å². The van der Waals surface area contributed by atoms with Gasteiger partial charge in [0, 0.05) is 22.5 Å². The van der Waals surface area contributed by atoms with Crippen molar-refractivity contribution in [3.05, 3.63) is 58.1 Å². The van der Waals surface area contributed by atoms with Crippen LogP contribution in [-0.4, -0.2) is 30.4 Å². The predicted molar refractivity (Wildman–Crippen MR) is 103 cm³/mol. The van der Waals surface area contributed by atoms with E-state index in [9.17, 15) is 14.4 Å². The maximum Gasteiger partial charge on any atom is 0.338 e. The molecule has 3 rings (SSSR count). The SMILES string of the molecule is CC1CC(=O)Nc2ccccc2N1C(=O)COC(=O)c1cc(Cl)cc(Cl)c1. The van der Waals surface area contributed by atoms with Gasteiger partial charge in [-0.15, -0.1) is 0 Å². The molecule has 0 radical (unpaired) electrons. The van der Waals surface area contributed by atoms with E-state index >= 15 is 0 Å². The molecule has 0 bridgehead atoms. The third-order valence-corrected chi connectivity index (χ3v) is 4.49. The maximum atomic E-state index is 12.8. The lowest BCUT2D eigenvalue weighted by Gasteiger charge is -2.27. The highest BCUT2D eigenvalue weighted by atomic mass is 35.5. The van der Waals surface area contributed by atoms with Crippen LogP contribution < -0.4 is 10.2 Å². The number of fused-ring (bicyclic) bond motifs is 1. The summed E-state index contributed by atoms with van der Waals surface area (Å²) in [5, 5.41) is 3.36. The zero-order valence-electron chi connectivity index (χ0n) is 14.4. The molecule has 140 valence electrons. The lowest BCUT2D eigenvalue weighted by molar-refractivity contribution is -0.122. The fraction of sp³-hybridized carbons (Fsp3) is 0.211. The topological polar surface area (TPSA) is 75.7 Å². The van der Waals surface area contributed by atoms with Crippen LogP contribution in [0, 0.1) is 0 Å². The largest absolute Gasteiger partial charge is 0.452 e. The van der Waals surface area contributed by atoms with Crippen LogP contribution >= 0.6 is 23.2 Å². The number of halogens is 2. The number of carbonyl (C=O) groups is 3. The van der Waals surface area contributed by atoms with Crippen molar-refractivity contribution in [3.63, 3.8) is 0 Å². The smallest absolute Gasteiger partial charge is 0.338 e. The molecule has 1 aliphatic rings. The van der Waals surface area contributed by atoms with Gasteiger partial charge in [-0.05, 0) is 37.3 Å². The average molecular weight is 407 g/mol. The molecule has 1 N–H and O–H groups in total. The van der Waals surface area contributed by atoms with Crippen molar-refractivity contribution < 1.29 is 19.1 Å². The van der Waals surface area contributed by atoms with E-state index in [0.717, 1.165) is 0 Å². The van der Waals surface area contributed by atoms with Crippen LogP contribution in [0.3, 0.4) is 0 Å². The van der Waals surface area contributed by atoms with Crippen LogP contribution in [0.25, 0.3) is 0 Å². The molecule has 1 heterocycles. The van der Waals surface area contributed by atoms with E-state index in [1.54, 1.807) is 31.2 Å². The number of anilines is 2. The van der Waals surface area contributed by atoms with E-state index in [1.807, 2.05) is 0 Å². The van der Waals surface area contributed by atoms with Gasteiger partial charge in [0.1, 0.15) is 0 Å². The predicted octanol–water partition coefficient (Wildman–Crippen LogP) is 3.91. The molecule has 27 heavy (non-hydrogen) atoms. The molecule has 2 aromatic carbocycles. The van der Waals surface area contributed by atoms with Crippen LogP contribution in [0.4, 0.5) is 11.4 Å². The van der Waals surface area contributed by atoms with Gasteiger partial charge >= 0.3 is 5.97 Å². The fourth-order valence-electron chi connectivity index (χ4n) is 2.92. The molecule has 1 unspecified atom stereocenters. The van der Waals surface area contributed by atoms with Crippen LogP contribution in [0.15, 0.2) is 42.5 Å². The number of hydrogen-bond acceptors (Lipinski definition) is 4. The number of rotatable bonds is 3. The molecule has 0 saturated heterocycles. The highest BCUT2D eigenvalue weighted by molar-refractivity contribution is 6.35. The third-order valence-electron chi connectivity index (χ3n) is 4.05. The van der Waals surface area contributed by atoms with Crippen LogP contribution in [0.2, 0.25) is 10.0 Å². The highest BCUT2D eigenvalue weighted by Crippen LogP contribution is 2.31. The average Bonchev–Trinajstić information content (AvgIpc) is 2.72. The van der Waals surface area contributed by atoms with Gasteiger partial charge in [-0.3, -0.25) is 9.59 Å². The zero-order valence-corrected chi connectivity index (χ0v) is 15.9. The van der Waals surface area contributed by atoms with E-state index in [1.165, 1.54) is 23.1 Å². The number of para-hydroxylation sites is 2. The third kappa shape index (κ3) is 4.40. The van der Waals surface area contributed by atoms with E-state index in [2.05, 4.69) is 5.32 Å². The second kappa shape index (κ2) is 7.98. The minimum Gasteiger partial charge on any atom is -0.452 e. The first kappa shape index (κ1) is 19.2. The quantitative estimate of drug-likeness (QED) is 0.783. The molecule has 1 atom stereocenters. The minimum atomic E-state index is -0.710. The van der Waals surface area contributed by atoms with Gasteiger partial charge in [0.25, 0.3) is 5.91 Å². The van der Waals surface area contributed by atoms with Crippen molar-refractivity contribution in [2.45, 2.75) is 19.4 Å². The highest BCUT2D eigenvalue weighted by Gasteiger charge is 2.30. The van der Waals surface area contributed by atoms with Crippen LogP contribution in [0.1, 0.15) is 23.7 Å². The van der Waals surface area contributed by atoms with Gasteiger partial charge in [0.2, 0.25) is 5.91 Å². The first-order chi connectivity index (χ1) is 12.8. The summed E-state index contributed by atoms with van der Waals surface area (Å²) in [6.45, 7) is 1.29. The second-order valence-corrected chi connectivity index (χ2v) is 6.99. The molecule has 0 aliphatic carbocycles. The van der Waals surface area contributed by atoms with Gasteiger partial charge in [-0.1, -0.05) is 35.3 Å². The van der Waals surface area contributed by atoms with Crippen molar-refractivity contribution in [2.75, 3.05) is 16.8 Å². The molecular formula is C19H16Cl2N2O4. The number of hydrogen-bond donors (Lipinski definition) is 1. The Morgan fingerprint density at radius 2 is 1.85 bits per heavy atom. The summed E-state index contributed by atoms with van der Waals surface area (Å²) in [5.74, 6) is -1.33. The Morgan fingerprint density at radius 1 is 1.19 bits per heavy atom. The molecule has 8 heteroatoms. The molecule has 2 amide bonds. The first-order valence-corrected chi connectivity index (χ1v) is 8.95. The number of nitrogens with one attached hydrogen (secondary N) is 1.